The van der Waals surface area contributed by atoms with Gasteiger partial charge in [0.1, 0.15) is 5.82 Å². The molecule has 0 radical (unpaired) electrons. The van der Waals surface area contributed by atoms with E-state index in [1.807, 2.05) is 0 Å². The minimum Gasteiger partial charge on any atom is -0.347 e. The van der Waals surface area contributed by atoms with E-state index in [1.54, 1.807) is 0 Å². The summed E-state index contributed by atoms with van der Waals surface area (Å²) in [5, 5.41) is 9.76. The van der Waals surface area contributed by atoms with Crippen molar-refractivity contribution < 1.29 is 9.32 Å². The van der Waals surface area contributed by atoms with Gasteiger partial charge < -0.3 is 9.84 Å². The zero-order valence-electron chi connectivity index (χ0n) is 16.8. The Bertz CT molecular complexity index is 1120. The van der Waals surface area contributed by atoms with Gasteiger partial charge in [-0.15, -0.1) is 0 Å². The number of nitrogens with one attached hydrogen (secondary N) is 2. The van der Waals surface area contributed by atoms with Gasteiger partial charge in [0, 0.05) is 11.5 Å². The summed E-state index contributed by atoms with van der Waals surface area (Å²) in [7, 11) is 0. The molecular weight excluding hydrogens is 386 g/mol. The summed E-state index contributed by atoms with van der Waals surface area (Å²) < 4.78 is 6.62. The zero-order valence-corrected chi connectivity index (χ0v) is 16.8. The van der Waals surface area contributed by atoms with Crippen LogP contribution in [0.25, 0.3) is 5.78 Å². The molecule has 3 aromatic heterocycles. The normalized spacial score (nSPS) is 17.2. The average Bonchev–Trinajstić information content (AvgIpc) is 3.40. The largest absolute Gasteiger partial charge is 0.347 e. The summed E-state index contributed by atoms with van der Waals surface area (Å²) in [5.74, 6) is 1.97. The highest BCUT2D eigenvalue weighted by atomic mass is 16.5. The van der Waals surface area contributed by atoms with Gasteiger partial charge in [0.05, 0.1) is 18.7 Å². The van der Waals surface area contributed by atoms with Crippen LogP contribution in [0.3, 0.4) is 0 Å². The molecule has 3 aromatic rings. The van der Waals surface area contributed by atoms with Crippen LogP contribution in [0.4, 0.5) is 0 Å². The van der Waals surface area contributed by atoms with Gasteiger partial charge in [-0.05, 0) is 38.5 Å². The van der Waals surface area contributed by atoms with Crippen molar-refractivity contribution in [1.29, 1.82) is 0 Å². The number of aromatic nitrogens is 6. The van der Waals surface area contributed by atoms with E-state index in [2.05, 4.69) is 30.5 Å². The second-order valence-electron chi connectivity index (χ2n) is 8.19. The van der Waals surface area contributed by atoms with Gasteiger partial charge in [0.15, 0.2) is 5.82 Å². The molecule has 30 heavy (non-hydrogen) atoms. The highest BCUT2D eigenvalue weighted by Gasteiger charge is 2.22. The monoisotopic (exact) mass is 411 g/mol. The van der Waals surface area contributed by atoms with Gasteiger partial charge >= 0.3 is 0 Å². The SMILES string of the molecule is O=C(Cc1nc2nc3c(c(=O)n2[nH]1)CCCC3)NCc1nc(C2CCCCC2)no1. The van der Waals surface area contributed by atoms with Crippen LogP contribution < -0.4 is 10.9 Å². The molecule has 0 aromatic carbocycles. The molecule has 0 bridgehead atoms. The standard InChI is InChI=1S/C20H25N7O3/c28-16(21-11-17-24-18(26-30-17)12-6-2-1-3-7-12)10-15-23-20-22-14-9-5-4-8-13(14)19(29)27(20)25-15/h12H,1-11H2,(H,21,28)(H,22,23,25). The number of hydrogen-bond acceptors (Lipinski definition) is 7. The number of aromatic amines is 1. The van der Waals surface area contributed by atoms with Crippen molar-refractivity contribution in [2.24, 2.45) is 0 Å². The van der Waals surface area contributed by atoms with Crippen LogP contribution in [0.2, 0.25) is 0 Å². The highest BCUT2D eigenvalue weighted by Crippen LogP contribution is 2.30. The molecule has 2 N–H and O–H groups in total. The first-order chi connectivity index (χ1) is 14.7. The molecule has 2 aliphatic rings. The molecule has 1 saturated carbocycles. The van der Waals surface area contributed by atoms with E-state index >= 15 is 0 Å². The molecule has 5 rings (SSSR count). The van der Waals surface area contributed by atoms with Crippen LogP contribution in [-0.4, -0.2) is 35.6 Å². The highest BCUT2D eigenvalue weighted by molar-refractivity contribution is 5.77. The molecule has 2 aliphatic carbocycles. The third kappa shape index (κ3) is 3.73. The number of H-pyrrole nitrogens is 1. The summed E-state index contributed by atoms with van der Waals surface area (Å²) in [6, 6.07) is 0. The molecule has 0 unspecified atom stereocenters. The first kappa shape index (κ1) is 19.0. The third-order valence-electron chi connectivity index (χ3n) is 6.03. The van der Waals surface area contributed by atoms with E-state index in [0.29, 0.717) is 23.4 Å². The van der Waals surface area contributed by atoms with Crippen molar-refractivity contribution in [2.75, 3.05) is 0 Å². The lowest BCUT2D eigenvalue weighted by Crippen LogP contribution is -2.26. The number of rotatable bonds is 5. The molecule has 10 nitrogen and oxygen atoms in total. The number of nitrogens with zero attached hydrogens (tertiary/aromatic N) is 5. The number of carbonyl (C=O) groups is 1. The van der Waals surface area contributed by atoms with Crippen LogP contribution in [0.15, 0.2) is 9.32 Å². The summed E-state index contributed by atoms with van der Waals surface area (Å²) in [6.45, 7) is 0.172. The van der Waals surface area contributed by atoms with Crippen molar-refractivity contribution in [2.45, 2.75) is 76.7 Å². The lowest BCUT2D eigenvalue weighted by Gasteiger charge is -2.17. The third-order valence-corrected chi connectivity index (χ3v) is 6.03. The molecule has 10 heteroatoms. The van der Waals surface area contributed by atoms with Crippen LogP contribution in [0.1, 0.15) is 79.7 Å². The fourth-order valence-electron chi connectivity index (χ4n) is 4.42. The Morgan fingerprint density at radius 2 is 1.93 bits per heavy atom. The van der Waals surface area contributed by atoms with Gasteiger partial charge in [-0.1, -0.05) is 24.4 Å². The van der Waals surface area contributed by atoms with E-state index in [9.17, 15) is 9.59 Å². The Morgan fingerprint density at radius 3 is 2.80 bits per heavy atom. The smallest absolute Gasteiger partial charge is 0.277 e. The maximum atomic E-state index is 12.6. The first-order valence-corrected chi connectivity index (χ1v) is 10.8. The Hall–Kier alpha value is -3.04. The van der Waals surface area contributed by atoms with Crippen molar-refractivity contribution in [3.8, 4) is 0 Å². The fourth-order valence-corrected chi connectivity index (χ4v) is 4.42. The van der Waals surface area contributed by atoms with Crippen molar-refractivity contribution in [3.05, 3.63) is 39.2 Å². The second-order valence-corrected chi connectivity index (χ2v) is 8.19. The molecular formula is C20H25N7O3. The molecule has 0 saturated heterocycles. The predicted octanol–water partition coefficient (Wildman–Crippen LogP) is 1.59. The fraction of sp³-hybridized carbons (Fsp3) is 0.600. The van der Waals surface area contributed by atoms with Crippen molar-refractivity contribution in [3.63, 3.8) is 0 Å². The second kappa shape index (κ2) is 8.00. The molecule has 0 atom stereocenters. The van der Waals surface area contributed by atoms with E-state index in [-0.39, 0.29) is 24.4 Å². The van der Waals surface area contributed by atoms with Crippen molar-refractivity contribution in [1.82, 2.24) is 35.0 Å². The molecule has 0 aliphatic heterocycles. The lowest BCUT2D eigenvalue weighted by atomic mass is 9.89. The minimum absolute atomic E-state index is 0.0110. The summed E-state index contributed by atoms with van der Waals surface area (Å²) >= 11 is 0. The van der Waals surface area contributed by atoms with E-state index < -0.39 is 0 Å². The molecule has 158 valence electrons. The maximum absolute atomic E-state index is 12.6. The van der Waals surface area contributed by atoms with E-state index in [1.165, 1.54) is 23.8 Å². The van der Waals surface area contributed by atoms with Gasteiger partial charge in [0.2, 0.25) is 11.8 Å². The number of aryl methyl sites for hydroxylation is 1. The van der Waals surface area contributed by atoms with Gasteiger partial charge in [-0.25, -0.2) is 4.98 Å². The minimum atomic E-state index is -0.246. The Kier molecular flexibility index (Phi) is 5.06. The summed E-state index contributed by atoms with van der Waals surface area (Å²) in [5.41, 5.74) is 1.47. The topological polar surface area (TPSA) is 131 Å². The first-order valence-electron chi connectivity index (χ1n) is 10.8. The number of hydrogen-bond donors (Lipinski definition) is 2. The molecule has 0 spiro atoms. The lowest BCUT2D eigenvalue weighted by molar-refractivity contribution is -0.120. The summed E-state index contributed by atoms with van der Waals surface area (Å²) in [6.07, 6.45) is 9.43. The van der Waals surface area contributed by atoms with E-state index in [0.717, 1.165) is 55.6 Å². The summed E-state index contributed by atoms with van der Waals surface area (Å²) in [4.78, 5) is 38.2. The van der Waals surface area contributed by atoms with Crippen LogP contribution in [-0.2, 0) is 30.6 Å². The van der Waals surface area contributed by atoms with Crippen LogP contribution >= 0.6 is 0 Å². The Labute approximate surface area is 172 Å². The van der Waals surface area contributed by atoms with E-state index in [4.69, 9.17) is 4.52 Å². The van der Waals surface area contributed by atoms with Gasteiger partial charge in [-0.3, -0.25) is 14.7 Å². The van der Waals surface area contributed by atoms with Crippen LogP contribution in [0.5, 0.6) is 0 Å². The number of carbonyl (C=O) groups excluding carboxylic acids is 1. The zero-order chi connectivity index (χ0) is 20.5. The maximum Gasteiger partial charge on any atom is 0.277 e. The Morgan fingerprint density at radius 1 is 1.10 bits per heavy atom. The molecule has 1 fully saturated rings. The average molecular weight is 411 g/mol. The quantitative estimate of drug-likeness (QED) is 0.652. The number of amides is 1. The van der Waals surface area contributed by atoms with Gasteiger partial charge in [-0.2, -0.15) is 14.5 Å². The van der Waals surface area contributed by atoms with Crippen molar-refractivity contribution >= 4 is 11.7 Å². The van der Waals surface area contributed by atoms with Crippen LogP contribution in [0, 0.1) is 0 Å². The Balaban J connectivity index is 1.22. The molecule has 1 amide bonds. The predicted molar refractivity (Wildman–Crippen MR) is 106 cm³/mol. The number of fused-ring (bicyclic) bond motifs is 2. The van der Waals surface area contributed by atoms with Gasteiger partial charge in [0.25, 0.3) is 11.3 Å². The molecule has 3 heterocycles.